The summed E-state index contributed by atoms with van der Waals surface area (Å²) in [6.45, 7) is 8.16. The minimum absolute atomic E-state index is 0.129. The minimum atomic E-state index is -0.231. The number of carbonyl (C=O) groups is 1. The first kappa shape index (κ1) is 20.5. The lowest BCUT2D eigenvalue weighted by Gasteiger charge is -2.29. The van der Waals surface area contributed by atoms with Gasteiger partial charge in [0, 0.05) is 0 Å². The Kier molecular flexibility index (Phi) is 8.87. The van der Waals surface area contributed by atoms with E-state index in [-0.39, 0.29) is 11.8 Å². The van der Waals surface area contributed by atoms with Gasteiger partial charge in [-0.1, -0.05) is 51.8 Å². The van der Waals surface area contributed by atoms with Crippen molar-refractivity contribution in [2.24, 2.45) is 5.90 Å². The molecule has 0 spiro atoms. The van der Waals surface area contributed by atoms with E-state index in [4.69, 9.17) is 22.3 Å². The van der Waals surface area contributed by atoms with Crippen LogP contribution in [0.15, 0.2) is 29.7 Å². The van der Waals surface area contributed by atoms with Crippen LogP contribution in [0.2, 0.25) is 0 Å². The molecule has 0 atom stereocenters. The van der Waals surface area contributed by atoms with E-state index in [1.165, 1.54) is 0 Å². The Bertz CT molecular complexity index is 560. The third kappa shape index (κ3) is 4.74. The van der Waals surface area contributed by atoms with Crippen molar-refractivity contribution in [1.29, 1.82) is 0 Å². The standard InChI is InChI=1S/C19H29ClN2O2/c1-5-9-15-11-8-12-16(10-6-2)18(15)22(17(23)13-20)19(24-21)14(4)7-3/h8,11-12H,5-7,9-10,13,21H2,1-4H3/b19-14-. The number of para-hydroxylation sites is 1. The summed E-state index contributed by atoms with van der Waals surface area (Å²) in [7, 11) is 0. The Labute approximate surface area is 150 Å². The maximum Gasteiger partial charge on any atom is 0.248 e. The molecule has 0 aliphatic carbocycles. The van der Waals surface area contributed by atoms with E-state index in [0.717, 1.165) is 54.5 Å². The number of alkyl halides is 1. The van der Waals surface area contributed by atoms with Gasteiger partial charge < -0.3 is 4.84 Å². The Balaban J connectivity index is 3.66. The maximum absolute atomic E-state index is 12.7. The molecule has 134 valence electrons. The number of allylic oxidation sites excluding steroid dienone is 1. The number of nitrogens with two attached hydrogens (primary N) is 1. The quantitative estimate of drug-likeness (QED) is 0.398. The van der Waals surface area contributed by atoms with Crippen molar-refractivity contribution in [2.75, 3.05) is 10.8 Å². The lowest BCUT2D eigenvalue weighted by molar-refractivity contribution is -0.116. The number of amides is 1. The summed E-state index contributed by atoms with van der Waals surface area (Å²) in [5.41, 5.74) is 4.01. The van der Waals surface area contributed by atoms with E-state index in [1.54, 1.807) is 4.90 Å². The predicted octanol–water partition coefficient (Wildman–Crippen LogP) is 4.70. The summed E-state index contributed by atoms with van der Waals surface area (Å²) < 4.78 is 0. The van der Waals surface area contributed by atoms with Crippen molar-refractivity contribution in [3.63, 3.8) is 0 Å². The van der Waals surface area contributed by atoms with Gasteiger partial charge in [0.2, 0.25) is 11.8 Å². The number of anilines is 1. The molecule has 24 heavy (non-hydrogen) atoms. The summed E-state index contributed by atoms with van der Waals surface area (Å²) in [5, 5.41) is 0. The fourth-order valence-corrected chi connectivity index (χ4v) is 2.89. The number of nitrogens with zero attached hydrogens (tertiary/aromatic N) is 1. The van der Waals surface area contributed by atoms with Crippen LogP contribution in [0.25, 0.3) is 0 Å². The summed E-state index contributed by atoms with van der Waals surface area (Å²) in [6.07, 6.45) is 4.46. The number of aryl methyl sites for hydroxylation is 2. The van der Waals surface area contributed by atoms with Crippen molar-refractivity contribution in [3.05, 3.63) is 40.8 Å². The molecule has 0 fully saturated rings. The van der Waals surface area contributed by atoms with Crippen molar-refractivity contribution >= 4 is 23.2 Å². The monoisotopic (exact) mass is 352 g/mol. The van der Waals surface area contributed by atoms with E-state index in [9.17, 15) is 4.79 Å². The zero-order chi connectivity index (χ0) is 18.1. The average Bonchev–Trinajstić information content (AvgIpc) is 2.60. The van der Waals surface area contributed by atoms with E-state index in [2.05, 4.69) is 26.0 Å². The van der Waals surface area contributed by atoms with Gasteiger partial charge in [-0.2, -0.15) is 5.90 Å². The molecule has 5 heteroatoms. The van der Waals surface area contributed by atoms with Gasteiger partial charge in [-0.15, -0.1) is 11.6 Å². The molecule has 1 amide bonds. The fourth-order valence-electron chi connectivity index (χ4n) is 2.77. The zero-order valence-corrected chi connectivity index (χ0v) is 15.9. The van der Waals surface area contributed by atoms with Gasteiger partial charge in [-0.05, 0) is 42.9 Å². The van der Waals surface area contributed by atoms with Crippen LogP contribution < -0.4 is 10.8 Å². The molecule has 0 aliphatic rings. The van der Waals surface area contributed by atoms with Crippen LogP contribution in [0.3, 0.4) is 0 Å². The Morgan fingerprint density at radius 3 is 2.08 bits per heavy atom. The number of halogens is 1. The van der Waals surface area contributed by atoms with Gasteiger partial charge in [0.15, 0.2) is 0 Å². The first-order valence-electron chi connectivity index (χ1n) is 8.61. The molecule has 0 radical (unpaired) electrons. The topological polar surface area (TPSA) is 55.6 Å². The lowest BCUT2D eigenvalue weighted by Crippen LogP contribution is -2.36. The Morgan fingerprint density at radius 1 is 1.17 bits per heavy atom. The van der Waals surface area contributed by atoms with Crippen molar-refractivity contribution in [1.82, 2.24) is 0 Å². The van der Waals surface area contributed by atoms with Gasteiger partial charge in [0.05, 0.1) is 5.69 Å². The average molecular weight is 353 g/mol. The van der Waals surface area contributed by atoms with E-state index in [0.29, 0.717) is 5.88 Å². The van der Waals surface area contributed by atoms with Gasteiger partial charge >= 0.3 is 0 Å². The van der Waals surface area contributed by atoms with Crippen molar-refractivity contribution in [2.45, 2.75) is 59.8 Å². The zero-order valence-electron chi connectivity index (χ0n) is 15.2. The largest absolute Gasteiger partial charge is 0.393 e. The smallest absolute Gasteiger partial charge is 0.248 e. The highest BCUT2D eigenvalue weighted by atomic mass is 35.5. The number of rotatable bonds is 9. The van der Waals surface area contributed by atoms with Crippen LogP contribution in [0.4, 0.5) is 5.69 Å². The van der Waals surface area contributed by atoms with Gasteiger partial charge in [0.25, 0.3) is 0 Å². The van der Waals surface area contributed by atoms with Crippen LogP contribution in [0.1, 0.15) is 58.1 Å². The van der Waals surface area contributed by atoms with E-state index in [1.807, 2.05) is 19.9 Å². The van der Waals surface area contributed by atoms with E-state index >= 15 is 0 Å². The fraction of sp³-hybridized carbons (Fsp3) is 0.526. The molecular weight excluding hydrogens is 324 g/mol. The summed E-state index contributed by atoms with van der Waals surface area (Å²) in [5.74, 6) is 5.55. The van der Waals surface area contributed by atoms with Crippen molar-refractivity contribution in [3.8, 4) is 0 Å². The molecule has 1 aromatic rings. The van der Waals surface area contributed by atoms with Gasteiger partial charge in [-0.25, -0.2) is 4.90 Å². The first-order chi connectivity index (χ1) is 11.5. The highest BCUT2D eigenvalue weighted by Crippen LogP contribution is 2.32. The molecule has 0 bridgehead atoms. The molecule has 0 aromatic heterocycles. The minimum Gasteiger partial charge on any atom is -0.393 e. The molecule has 0 unspecified atom stereocenters. The van der Waals surface area contributed by atoms with Crippen LogP contribution >= 0.6 is 11.6 Å². The predicted molar refractivity (Wildman–Crippen MR) is 101 cm³/mol. The highest BCUT2D eigenvalue weighted by Gasteiger charge is 2.26. The number of benzene rings is 1. The molecule has 4 nitrogen and oxygen atoms in total. The molecule has 1 aromatic carbocycles. The van der Waals surface area contributed by atoms with Crippen LogP contribution in [-0.2, 0) is 22.5 Å². The van der Waals surface area contributed by atoms with Gasteiger partial charge in [-0.3, -0.25) is 4.79 Å². The number of hydrogen-bond acceptors (Lipinski definition) is 3. The third-order valence-corrected chi connectivity index (χ3v) is 4.27. The van der Waals surface area contributed by atoms with Gasteiger partial charge in [0.1, 0.15) is 5.88 Å². The second-order valence-corrected chi connectivity index (χ2v) is 6.11. The maximum atomic E-state index is 12.7. The lowest BCUT2D eigenvalue weighted by atomic mass is 9.98. The first-order valence-corrected chi connectivity index (χ1v) is 9.15. The Morgan fingerprint density at radius 2 is 1.71 bits per heavy atom. The van der Waals surface area contributed by atoms with Crippen LogP contribution in [0.5, 0.6) is 0 Å². The highest BCUT2D eigenvalue weighted by molar-refractivity contribution is 6.29. The molecule has 2 N–H and O–H groups in total. The third-order valence-electron chi connectivity index (χ3n) is 4.04. The Hall–Kier alpha value is -1.52. The molecule has 0 aliphatic heterocycles. The van der Waals surface area contributed by atoms with E-state index < -0.39 is 0 Å². The normalized spacial score (nSPS) is 11.9. The van der Waals surface area contributed by atoms with Crippen LogP contribution in [-0.4, -0.2) is 11.8 Å². The second-order valence-electron chi connectivity index (χ2n) is 5.84. The molecular formula is C19H29ClN2O2. The molecule has 0 saturated carbocycles. The summed E-state index contributed by atoms with van der Waals surface area (Å²) in [6, 6.07) is 6.16. The van der Waals surface area contributed by atoms with Crippen molar-refractivity contribution < 1.29 is 9.63 Å². The SMILES string of the molecule is CCCc1cccc(CCC)c1N(C(=O)CCl)/C(ON)=C(\C)CC. The summed E-state index contributed by atoms with van der Waals surface area (Å²) in [4.78, 5) is 19.4. The second kappa shape index (κ2) is 10.4. The molecule has 1 rings (SSSR count). The molecule has 0 saturated heterocycles. The summed E-state index contributed by atoms with van der Waals surface area (Å²) >= 11 is 5.89. The van der Waals surface area contributed by atoms with Crippen LogP contribution in [0, 0.1) is 0 Å². The number of hydrogen-bond donors (Lipinski definition) is 1. The molecule has 0 heterocycles. The number of carbonyl (C=O) groups excluding carboxylic acids is 1.